The van der Waals surface area contributed by atoms with Crippen LogP contribution >= 0.6 is 11.8 Å². The number of nitrogens with one attached hydrogen (secondary N) is 1. The SMILES string of the molecule is CCN(CC)c1ccc2c(-c3ccccc3C(=O)N3CCN(C(=O)c4ccc(CCSc5c(F)c(F)c(S(N)(=O)=O)c(NC[C@]6(C)CCC[C@]7(C)c8ccc(C(C)C)cc8CC[C@@H]67)c5F)cc4)CC3)c3ccc(=[N+](CC)CC)cc-3oc2c1.[Cl-]. The van der Waals surface area contributed by atoms with Gasteiger partial charge in [-0.15, -0.1) is 11.8 Å². The first-order valence-corrected chi connectivity index (χ1v) is 32.1. The Morgan fingerprint density at radius 1 is 0.821 bits per heavy atom. The topological polar surface area (TPSA) is 132 Å². The molecular formula is C67H78ClF3N6O5S2. The highest BCUT2D eigenvalue weighted by atomic mass is 35.5. The third-order valence-electron chi connectivity index (χ3n) is 18.4. The number of fused-ring (bicyclic) bond motifs is 5. The van der Waals surface area contributed by atoms with Gasteiger partial charge in [0.25, 0.3) is 11.8 Å². The van der Waals surface area contributed by atoms with E-state index >= 15 is 13.2 Å². The van der Waals surface area contributed by atoms with Gasteiger partial charge in [0.2, 0.25) is 15.4 Å². The van der Waals surface area contributed by atoms with Crippen LogP contribution in [0, 0.1) is 28.8 Å². The molecule has 1 saturated heterocycles. The molecule has 0 unspecified atom stereocenters. The molecule has 0 bridgehead atoms. The van der Waals surface area contributed by atoms with E-state index < -0.39 is 48.4 Å². The molecule has 0 radical (unpaired) electrons. The number of nitrogens with two attached hydrogens (primary N) is 1. The van der Waals surface area contributed by atoms with Crippen molar-refractivity contribution in [3.63, 3.8) is 0 Å². The highest BCUT2D eigenvalue weighted by Gasteiger charge is 2.52. The summed E-state index contributed by atoms with van der Waals surface area (Å²) in [5.74, 6) is -3.44. The number of carbonyl (C=O) groups excluding carboxylic acids is 2. The fourth-order valence-electron chi connectivity index (χ4n) is 13.8. The summed E-state index contributed by atoms with van der Waals surface area (Å²) in [6, 6.07) is 34.1. The Balaban J connectivity index is 0.00000846. The van der Waals surface area contributed by atoms with Gasteiger partial charge >= 0.3 is 0 Å². The monoisotopic (exact) mass is 1200 g/mol. The molecule has 2 amide bonds. The number of piperazine rings is 1. The van der Waals surface area contributed by atoms with E-state index in [0.717, 1.165) is 120 Å². The molecule has 0 aromatic heterocycles. The van der Waals surface area contributed by atoms with Crippen LogP contribution in [-0.2, 0) is 28.3 Å². The van der Waals surface area contributed by atoms with Gasteiger partial charge in [-0.05, 0) is 147 Å². The van der Waals surface area contributed by atoms with Crippen molar-refractivity contribution >= 4 is 55.9 Å². The fraction of sp³-hybridized carbons (Fsp3) is 0.418. The number of hydrogen-bond donors (Lipinski definition) is 2. The van der Waals surface area contributed by atoms with Gasteiger partial charge in [-0.3, -0.25) is 9.59 Å². The predicted molar refractivity (Wildman–Crippen MR) is 329 cm³/mol. The molecule has 2 aliphatic heterocycles. The Hall–Kier alpha value is -6.33. The second kappa shape index (κ2) is 25.3. The molecule has 5 aromatic rings. The number of sulfonamides is 1. The van der Waals surface area contributed by atoms with Gasteiger partial charge in [0.05, 0.1) is 16.6 Å². The van der Waals surface area contributed by atoms with Crippen LogP contribution in [0.25, 0.3) is 33.4 Å². The zero-order valence-electron chi connectivity index (χ0n) is 49.5. The van der Waals surface area contributed by atoms with E-state index in [4.69, 9.17) is 9.56 Å². The molecule has 2 heterocycles. The van der Waals surface area contributed by atoms with E-state index in [2.05, 4.69) is 125 Å². The summed E-state index contributed by atoms with van der Waals surface area (Å²) >= 11 is 0.749. The minimum atomic E-state index is -4.90. The van der Waals surface area contributed by atoms with Crippen molar-refractivity contribution in [2.24, 2.45) is 16.5 Å². The number of carbonyl (C=O) groups is 2. The molecule has 5 aliphatic rings. The number of thioether (sulfide) groups is 1. The van der Waals surface area contributed by atoms with Crippen molar-refractivity contribution in [1.82, 2.24) is 14.4 Å². The average Bonchev–Trinajstić information content (AvgIpc) is 3.50. The van der Waals surface area contributed by atoms with Crippen molar-refractivity contribution in [3.05, 3.63) is 159 Å². The number of aryl methyl sites for hydroxylation is 2. The standard InChI is InChI=1S/C67H78F3N6O5S2.ClH/c1-9-73(10-2)47-24-26-51-54(39-47)81-55-40-48(74(11-3)12-4)25-27-52(55)57(51)49-16-13-14-17-50(49)65(78)76-35-33-75(34-36-76)64(77)44-20-18-43(19-21-44)30-37-82-62-58(68)59(69)63(83(71,79)80)61(60(62)70)72-41-66(7)31-15-32-67(8)53-28-22-45(42(5)6)38-46(53)23-29-56(66)67;/h13-14,16-22,24-28,38-40,42,56,72H,9-12,15,23,29-37,41H2,1-8H3,(H2,71,79,80);1H/q+1;/p-1/t56-,66-,67+;/m0./s1. The predicted octanol–water partition coefficient (Wildman–Crippen LogP) is 10.1. The summed E-state index contributed by atoms with van der Waals surface area (Å²) in [4.78, 5) is 32.6. The highest BCUT2D eigenvalue weighted by Crippen LogP contribution is 2.58. The van der Waals surface area contributed by atoms with Crippen LogP contribution in [0.15, 0.2) is 117 Å². The Morgan fingerprint density at radius 2 is 1.51 bits per heavy atom. The Morgan fingerprint density at radius 3 is 2.18 bits per heavy atom. The van der Waals surface area contributed by atoms with Gasteiger partial charge in [0.15, 0.2) is 17.5 Å². The van der Waals surface area contributed by atoms with E-state index in [1.807, 2.05) is 24.3 Å². The number of benzene rings is 6. The van der Waals surface area contributed by atoms with Crippen LogP contribution in [-0.4, -0.2) is 94.7 Å². The molecule has 84 heavy (non-hydrogen) atoms. The lowest BCUT2D eigenvalue weighted by atomic mass is 9.49. The molecule has 446 valence electrons. The first-order valence-electron chi connectivity index (χ1n) is 29.6. The maximum atomic E-state index is 16.7. The fourth-order valence-corrected chi connectivity index (χ4v) is 15.6. The Labute approximate surface area is 503 Å². The van der Waals surface area contributed by atoms with Crippen molar-refractivity contribution in [2.45, 2.75) is 115 Å². The summed E-state index contributed by atoms with van der Waals surface area (Å²) in [6.45, 7) is 22.1. The number of rotatable bonds is 17. The minimum absolute atomic E-state index is 0. The maximum absolute atomic E-state index is 16.7. The second-order valence-electron chi connectivity index (χ2n) is 23.6. The Bertz CT molecular complexity index is 3760. The summed E-state index contributed by atoms with van der Waals surface area (Å²) in [5.41, 5.74) is 8.89. The zero-order chi connectivity index (χ0) is 59.1. The molecule has 3 N–H and O–H groups in total. The van der Waals surface area contributed by atoms with Crippen LogP contribution < -0.4 is 37.7 Å². The number of nitrogens with zero attached hydrogens (tertiary/aromatic N) is 4. The average molecular weight is 1200 g/mol. The maximum Gasteiger partial charge on any atom is 0.254 e. The smallest absolute Gasteiger partial charge is 0.254 e. The summed E-state index contributed by atoms with van der Waals surface area (Å²) in [7, 11) is -4.90. The molecule has 1 saturated carbocycles. The van der Waals surface area contributed by atoms with Crippen LogP contribution in [0.1, 0.15) is 130 Å². The number of halogens is 4. The lowest BCUT2D eigenvalue weighted by Gasteiger charge is -2.55. The molecule has 10 rings (SSSR count). The lowest BCUT2D eigenvalue weighted by Crippen LogP contribution is -3.00. The summed E-state index contributed by atoms with van der Waals surface area (Å²) in [6.07, 6.45) is 4.73. The first kappa shape index (κ1) is 62.2. The van der Waals surface area contributed by atoms with E-state index in [9.17, 15) is 18.0 Å². The third-order valence-corrected chi connectivity index (χ3v) is 20.4. The number of amides is 2. The second-order valence-corrected chi connectivity index (χ2v) is 26.2. The minimum Gasteiger partial charge on any atom is -1.00 e. The van der Waals surface area contributed by atoms with Crippen LogP contribution in [0.5, 0.6) is 0 Å². The van der Waals surface area contributed by atoms with Crippen molar-refractivity contribution in [1.29, 1.82) is 0 Å². The normalized spacial score (nSPS) is 18.8. The zero-order valence-corrected chi connectivity index (χ0v) is 51.9. The molecule has 0 spiro atoms. The van der Waals surface area contributed by atoms with Gasteiger partial charge in [-0.2, -0.15) is 0 Å². The van der Waals surface area contributed by atoms with Crippen LogP contribution in [0.3, 0.4) is 0 Å². The van der Waals surface area contributed by atoms with E-state index in [-0.39, 0.29) is 47.9 Å². The third kappa shape index (κ3) is 11.9. The lowest BCUT2D eigenvalue weighted by molar-refractivity contribution is -0.0000412. The number of anilines is 2. The molecular weight excluding hydrogens is 1130 g/mol. The molecule has 5 aromatic carbocycles. The summed E-state index contributed by atoms with van der Waals surface area (Å²) < 4.78 is 83.3. The molecule has 3 aliphatic carbocycles. The van der Waals surface area contributed by atoms with E-state index in [0.29, 0.717) is 49.6 Å². The number of hydrogen-bond acceptors (Lipinski definition) is 8. The van der Waals surface area contributed by atoms with Gasteiger partial charge in [-0.1, -0.05) is 82.6 Å². The molecule has 17 heteroatoms. The van der Waals surface area contributed by atoms with Gasteiger partial charge in [0, 0.05) is 97.0 Å². The van der Waals surface area contributed by atoms with E-state index in [1.165, 1.54) is 16.7 Å². The van der Waals surface area contributed by atoms with E-state index in [1.54, 1.807) is 34.1 Å². The number of primary sulfonamides is 1. The van der Waals surface area contributed by atoms with Crippen molar-refractivity contribution in [3.8, 4) is 22.5 Å². The van der Waals surface area contributed by atoms with Gasteiger partial charge in [0.1, 0.15) is 29.3 Å². The molecule has 3 atom stereocenters. The van der Waals surface area contributed by atoms with Crippen LogP contribution in [0.4, 0.5) is 24.5 Å². The first-order chi connectivity index (χ1) is 39.7. The summed E-state index contributed by atoms with van der Waals surface area (Å²) in [5, 5.41) is 10.4. The van der Waals surface area contributed by atoms with Crippen molar-refractivity contribution < 1.29 is 48.0 Å². The van der Waals surface area contributed by atoms with Gasteiger partial charge in [-0.25, -0.2) is 31.3 Å². The van der Waals surface area contributed by atoms with Gasteiger partial charge < -0.3 is 36.8 Å². The Kier molecular flexibility index (Phi) is 18.8. The quantitative estimate of drug-likeness (QED) is 0.0399. The van der Waals surface area contributed by atoms with Crippen molar-refractivity contribution in [2.75, 3.05) is 74.9 Å². The van der Waals surface area contributed by atoms with Crippen LogP contribution in [0.2, 0.25) is 0 Å². The largest absolute Gasteiger partial charge is 1.00 e. The molecule has 2 fully saturated rings. The molecule has 11 nitrogen and oxygen atoms in total. The highest BCUT2D eigenvalue weighted by molar-refractivity contribution is 7.99.